The molecule has 2 fully saturated rings. The molecule has 4 rings (SSSR count). The number of allylic oxidation sites excluding steroid dienone is 2. The summed E-state index contributed by atoms with van der Waals surface area (Å²) in [6.07, 6.45) is 16.1. The lowest BCUT2D eigenvalue weighted by atomic mass is 9.69. The topological polar surface area (TPSA) is 66.8 Å². The number of ether oxygens (including phenoxy) is 1. The standard InChI is InChI=1S/C33H42O4/c1-2-3-7-14-28(34)21-22-29-30(15-10-4-5-11-16-32(35)36)33(23-31(29)37-24-33)27-19-17-26(18-20-27)25-12-8-6-9-13-25/h4,6,8-10,12-13,17-22,28-31,34H,2-3,5,7,11,14-16,23-24H2,1H3,(H,35,36)/b10-4-,22-21+/t28-,29-,30-,31-,33-/m0/s1. The second kappa shape index (κ2) is 13.2. The first-order valence-electron chi connectivity index (χ1n) is 14.0. The van der Waals surface area contributed by atoms with Gasteiger partial charge in [-0.05, 0) is 54.7 Å². The number of aliphatic carboxylic acids is 1. The summed E-state index contributed by atoms with van der Waals surface area (Å²) in [5, 5.41) is 19.4. The second-order valence-corrected chi connectivity index (χ2v) is 10.8. The van der Waals surface area contributed by atoms with Crippen LogP contribution in [-0.4, -0.2) is 35.0 Å². The molecular weight excluding hydrogens is 460 g/mol. The molecule has 5 atom stereocenters. The van der Waals surface area contributed by atoms with Crippen LogP contribution in [0.15, 0.2) is 78.9 Å². The Morgan fingerprint density at radius 2 is 1.81 bits per heavy atom. The van der Waals surface area contributed by atoms with Crippen LogP contribution in [0.5, 0.6) is 0 Å². The summed E-state index contributed by atoms with van der Waals surface area (Å²) < 4.78 is 6.35. The predicted molar refractivity (Wildman–Crippen MR) is 149 cm³/mol. The van der Waals surface area contributed by atoms with E-state index in [1.165, 1.54) is 16.7 Å². The molecule has 0 unspecified atom stereocenters. The van der Waals surface area contributed by atoms with Crippen LogP contribution < -0.4 is 0 Å². The zero-order valence-electron chi connectivity index (χ0n) is 22.1. The van der Waals surface area contributed by atoms with Gasteiger partial charge in [0, 0.05) is 17.8 Å². The summed E-state index contributed by atoms with van der Waals surface area (Å²) in [7, 11) is 0. The van der Waals surface area contributed by atoms with Crippen LogP contribution in [0.25, 0.3) is 11.1 Å². The van der Waals surface area contributed by atoms with E-state index in [2.05, 4.69) is 73.7 Å². The summed E-state index contributed by atoms with van der Waals surface area (Å²) in [5.74, 6) is -0.102. The molecule has 1 aliphatic heterocycles. The van der Waals surface area contributed by atoms with Crippen molar-refractivity contribution >= 4 is 5.97 Å². The van der Waals surface area contributed by atoms with Crippen LogP contribution in [0.4, 0.5) is 0 Å². The minimum atomic E-state index is -0.737. The molecule has 4 heteroatoms. The van der Waals surface area contributed by atoms with Crippen molar-refractivity contribution < 1.29 is 19.7 Å². The Kier molecular flexibility index (Phi) is 9.76. The molecule has 1 heterocycles. The van der Waals surface area contributed by atoms with Crippen LogP contribution in [0.2, 0.25) is 0 Å². The maximum absolute atomic E-state index is 10.8. The van der Waals surface area contributed by atoms with E-state index in [4.69, 9.17) is 9.84 Å². The fourth-order valence-electron chi connectivity index (χ4n) is 6.24. The van der Waals surface area contributed by atoms with Crippen LogP contribution in [0, 0.1) is 11.8 Å². The number of carbonyl (C=O) groups is 1. The van der Waals surface area contributed by atoms with Crippen molar-refractivity contribution in [3.05, 3.63) is 84.5 Å². The molecular formula is C33H42O4. The van der Waals surface area contributed by atoms with E-state index in [9.17, 15) is 9.90 Å². The molecule has 1 aliphatic carbocycles. The van der Waals surface area contributed by atoms with Crippen molar-refractivity contribution in [2.24, 2.45) is 11.8 Å². The smallest absolute Gasteiger partial charge is 0.303 e. The largest absolute Gasteiger partial charge is 0.481 e. The van der Waals surface area contributed by atoms with E-state index in [0.29, 0.717) is 12.3 Å². The van der Waals surface area contributed by atoms with Gasteiger partial charge in [-0.15, -0.1) is 0 Å². The van der Waals surface area contributed by atoms with Crippen molar-refractivity contribution in [3.63, 3.8) is 0 Å². The van der Waals surface area contributed by atoms with E-state index in [-0.39, 0.29) is 23.9 Å². The van der Waals surface area contributed by atoms with E-state index in [1.807, 2.05) is 12.1 Å². The first-order chi connectivity index (χ1) is 18.0. The van der Waals surface area contributed by atoms with Gasteiger partial charge in [-0.1, -0.05) is 105 Å². The Morgan fingerprint density at radius 3 is 2.54 bits per heavy atom. The lowest BCUT2D eigenvalue weighted by molar-refractivity contribution is -0.137. The van der Waals surface area contributed by atoms with Crippen molar-refractivity contribution in [2.45, 2.75) is 82.3 Å². The molecule has 0 spiro atoms. The number of carboxylic acid groups (broad SMARTS) is 1. The van der Waals surface area contributed by atoms with Crippen molar-refractivity contribution in [1.29, 1.82) is 0 Å². The van der Waals surface area contributed by atoms with Gasteiger partial charge in [0.2, 0.25) is 0 Å². The van der Waals surface area contributed by atoms with Crippen molar-refractivity contribution in [3.8, 4) is 11.1 Å². The molecule has 2 aliphatic rings. The molecule has 37 heavy (non-hydrogen) atoms. The van der Waals surface area contributed by atoms with Gasteiger partial charge in [0.1, 0.15) is 0 Å². The third-order valence-electron chi connectivity index (χ3n) is 8.27. The quantitative estimate of drug-likeness (QED) is 0.210. The Labute approximate surface area is 222 Å². The van der Waals surface area contributed by atoms with Crippen LogP contribution >= 0.6 is 0 Å². The number of carboxylic acids is 1. The molecule has 0 amide bonds. The Bertz CT molecular complexity index is 1040. The van der Waals surface area contributed by atoms with E-state index < -0.39 is 12.1 Å². The number of benzene rings is 2. The summed E-state index contributed by atoms with van der Waals surface area (Å²) in [4.78, 5) is 10.8. The van der Waals surface area contributed by atoms with Gasteiger partial charge in [-0.3, -0.25) is 4.79 Å². The molecule has 2 aromatic carbocycles. The average Bonchev–Trinajstić information content (AvgIpc) is 3.48. The minimum absolute atomic E-state index is 0.0482. The zero-order chi connectivity index (χ0) is 26.1. The summed E-state index contributed by atoms with van der Waals surface area (Å²) >= 11 is 0. The molecule has 2 bridgehead atoms. The van der Waals surface area contributed by atoms with Crippen LogP contribution in [-0.2, 0) is 14.9 Å². The molecule has 1 saturated heterocycles. The third kappa shape index (κ3) is 6.80. The summed E-state index contributed by atoms with van der Waals surface area (Å²) in [6.45, 7) is 2.91. The molecule has 1 saturated carbocycles. The SMILES string of the molecule is CCCCC[C@H](O)/C=C/[C@@H]1[C@@H]2C[C@@](c3ccc(-c4ccccc4)cc3)(CO2)[C@H]1C/C=C\CCCC(=O)O. The maximum atomic E-state index is 10.8. The highest BCUT2D eigenvalue weighted by Crippen LogP contribution is 2.57. The highest BCUT2D eigenvalue weighted by molar-refractivity contribution is 5.66. The normalized spacial score (nSPS) is 25.8. The highest BCUT2D eigenvalue weighted by Gasteiger charge is 2.58. The van der Waals surface area contributed by atoms with Gasteiger partial charge in [-0.25, -0.2) is 0 Å². The van der Waals surface area contributed by atoms with E-state index in [0.717, 1.165) is 51.6 Å². The first-order valence-corrected chi connectivity index (χ1v) is 14.0. The number of hydrogen-bond donors (Lipinski definition) is 2. The fourth-order valence-corrected chi connectivity index (χ4v) is 6.24. The van der Waals surface area contributed by atoms with E-state index in [1.54, 1.807) is 0 Å². The third-order valence-corrected chi connectivity index (χ3v) is 8.27. The van der Waals surface area contributed by atoms with Gasteiger partial charge in [-0.2, -0.15) is 0 Å². The minimum Gasteiger partial charge on any atom is -0.481 e. The van der Waals surface area contributed by atoms with E-state index >= 15 is 0 Å². The van der Waals surface area contributed by atoms with Gasteiger partial charge in [0.05, 0.1) is 18.8 Å². The summed E-state index contributed by atoms with van der Waals surface area (Å²) in [5.41, 5.74) is 3.72. The monoisotopic (exact) mass is 502 g/mol. The number of unbranched alkanes of at least 4 members (excludes halogenated alkanes) is 3. The van der Waals surface area contributed by atoms with Gasteiger partial charge in [0.15, 0.2) is 0 Å². The lowest BCUT2D eigenvalue weighted by Crippen LogP contribution is -2.39. The number of fused-ring (bicyclic) bond motifs is 2. The lowest BCUT2D eigenvalue weighted by Gasteiger charge is -2.38. The van der Waals surface area contributed by atoms with Gasteiger partial charge < -0.3 is 14.9 Å². The number of aliphatic hydroxyl groups is 1. The average molecular weight is 503 g/mol. The molecule has 4 nitrogen and oxygen atoms in total. The van der Waals surface area contributed by atoms with Crippen molar-refractivity contribution in [1.82, 2.24) is 0 Å². The van der Waals surface area contributed by atoms with Crippen LogP contribution in [0.3, 0.4) is 0 Å². The number of rotatable bonds is 14. The fraction of sp³-hybridized carbons (Fsp3) is 0.485. The second-order valence-electron chi connectivity index (χ2n) is 10.8. The first kappa shape index (κ1) is 27.3. The molecule has 0 radical (unpaired) electrons. The number of aliphatic hydroxyl groups excluding tert-OH is 1. The predicted octanol–water partition coefficient (Wildman–Crippen LogP) is 7.32. The highest BCUT2D eigenvalue weighted by atomic mass is 16.5. The Hall–Kier alpha value is -2.69. The Balaban J connectivity index is 1.53. The molecule has 0 aromatic heterocycles. The van der Waals surface area contributed by atoms with Gasteiger partial charge in [0.25, 0.3) is 0 Å². The van der Waals surface area contributed by atoms with Crippen molar-refractivity contribution in [2.75, 3.05) is 6.61 Å². The molecule has 198 valence electrons. The number of hydrogen-bond acceptors (Lipinski definition) is 3. The van der Waals surface area contributed by atoms with Gasteiger partial charge >= 0.3 is 5.97 Å². The molecule has 2 aromatic rings. The zero-order valence-corrected chi connectivity index (χ0v) is 22.1. The summed E-state index contributed by atoms with van der Waals surface area (Å²) in [6, 6.07) is 19.5. The Morgan fingerprint density at radius 1 is 1.05 bits per heavy atom. The maximum Gasteiger partial charge on any atom is 0.303 e. The molecule has 2 N–H and O–H groups in total. The van der Waals surface area contributed by atoms with Crippen LogP contribution in [0.1, 0.15) is 70.3 Å².